The minimum absolute atomic E-state index is 0.664. The first-order valence-electron chi connectivity index (χ1n) is 6.22. The third-order valence-corrected chi connectivity index (χ3v) is 2.54. The van der Waals surface area contributed by atoms with E-state index in [-0.39, 0.29) is 0 Å². The van der Waals surface area contributed by atoms with Crippen molar-refractivity contribution >= 4 is 0 Å². The monoisotopic (exact) mass is 223 g/mol. The maximum Gasteiger partial charge on any atom is 0.105 e. The van der Waals surface area contributed by atoms with Crippen molar-refractivity contribution in [3.05, 3.63) is 17.7 Å². The molecule has 0 saturated carbocycles. The molecule has 0 fully saturated rings. The van der Waals surface area contributed by atoms with Crippen molar-refractivity contribution < 1.29 is 0 Å². The van der Waals surface area contributed by atoms with Gasteiger partial charge >= 0.3 is 0 Å². The van der Waals surface area contributed by atoms with Gasteiger partial charge in [0.15, 0.2) is 0 Å². The molecule has 16 heavy (non-hydrogen) atoms. The molecular weight excluding hydrogens is 198 g/mol. The standard InChI is InChI=1S/C13H25N3/c1-10(2)6-14-7-13-8-15-12(5)16(13)9-11(3)4/h8,10-11,14H,6-7,9H2,1-5H3. The Bertz CT molecular complexity index is 313. The van der Waals surface area contributed by atoms with Gasteiger partial charge in [0.05, 0.1) is 5.69 Å². The number of nitrogens with zero attached hydrogens (tertiary/aromatic N) is 2. The highest BCUT2D eigenvalue weighted by molar-refractivity contribution is 5.04. The van der Waals surface area contributed by atoms with E-state index in [9.17, 15) is 0 Å². The van der Waals surface area contributed by atoms with Gasteiger partial charge in [-0.2, -0.15) is 0 Å². The topological polar surface area (TPSA) is 29.9 Å². The molecule has 0 atom stereocenters. The van der Waals surface area contributed by atoms with Gasteiger partial charge in [0.25, 0.3) is 0 Å². The van der Waals surface area contributed by atoms with Crippen molar-refractivity contribution in [3.8, 4) is 0 Å². The fourth-order valence-electron chi connectivity index (χ4n) is 1.76. The minimum Gasteiger partial charge on any atom is -0.331 e. The molecule has 1 aromatic heterocycles. The van der Waals surface area contributed by atoms with Gasteiger partial charge < -0.3 is 9.88 Å². The SMILES string of the molecule is Cc1ncc(CNCC(C)C)n1CC(C)C. The van der Waals surface area contributed by atoms with Crippen LogP contribution in [-0.2, 0) is 13.1 Å². The average Bonchev–Trinajstić information content (AvgIpc) is 2.48. The Morgan fingerprint density at radius 3 is 2.50 bits per heavy atom. The largest absolute Gasteiger partial charge is 0.331 e. The van der Waals surface area contributed by atoms with Crippen LogP contribution in [0.15, 0.2) is 6.20 Å². The van der Waals surface area contributed by atoms with Crippen LogP contribution in [-0.4, -0.2) is 16.1 Å². The molecule has 0 aliphatic rings. The van der Waals surface area contributed by atoms with Crippen LogP contribution in [0.5, 0.6) is 0 Å². The summed E-state index contributed by atoms with van der Waals surface area (Å²) in [6.07, 6.45) is 1.99. The molecule has 0 bridgehead atoms. The van der Waals surface area contributed by atoms with Gasteiger partial charge in [-0.15, -0.1) is 0 Å². The lowest BCUT2D eigenvalue weighted by molar-refractivity contribution is 0.482. The highest BCUT2D eigenvalue weighted by atomic mass is 15.1. The molecule has 0 aliphatic carbocycles. The van der Waals surface area contributed by atoms with E-state index in [1.54, 1.807) is 0 Å². The Labute approximate surface area is 99.3 Å². The zero-order valence-electron chi connectivity index (χ0n) is 11.2. The van der Waals surface area contributed by atoms with Gasteiger partial charge in [0.1, 0.15) is 5.82 Å². The number of rotatable bonds is 6. The molecule has 0 aromatic carbocycles. The fourth-order valence-corrected chi connectivity index (χ4v) is 1.76. The molecule has 0 radical (unpaired) electrons. The van der Waals surface area contributed by atoms with Crippen LogP contribution in [0.1, 0.15) is 39.2 Å². The van der Waals surface area contributed by atoms with E-state index in [1.807, 2.05) is 6.20 Å². The molecule has 0 aliphatic heterocycles. The number of hydrogen-bond acceptors (Lipinski definition) is 2. The minimum atomic E-state index is 0.664. The number of hydrogen-bond donors (Lipinski definition) is 1. The maximum atomic E-state index is 4.39. The second-order valence-corrected chi connectivity index (χ2v) is 5.33. The summed E-state index contributed by atoms with van der Waals surface area (Å²) >= 11 is 0. The summed E-state index contributed by atoms with van der Waals surface area (Å²) in [4.78, 5) is 4.39. The van der Waals surface area contributed by atoms with Gasteiger partial charge in [0.2, 0.25) is 0 Å². The first kappa shape index (κ1) is 13.2. The van der Waals surface area contributed by atoms with Crippen LogP contribution < -0.4 is 5.32 Å². The quantitative estimate of drug-likeness (QED) is 0.803. The van der Waals surface area contributed by atoms with Crippen LogP contribution in [0, 0.1) is 18.8 Å². The summed E-state index contributed by atoms with van der Waals surface area (Å²) in [7, 11) is 0. The molecule has 92 valence electrons. The molecule has 1 rings (SSSR count). The number of aryl methyl sites for hydroxylation is 1. The molecule has 0 spiro atoms. The molecular formula is C13H25N3. The van der Waals surface area contributed by atoms with Crippen molar-refractivity contribution in [1.82, 2.24) is 14.9 Å². The summed E-state index contributed by atoms with van der Waals surface area (Å²) in [6.45, 7) is 14.1. The van der Waals surface area contributed by atoms with Gasteiger partial charge in [-0.05, 0) is 25.3 Å². The lowest BCUT2D eigenvalue weighted by atomic mass is 10.2. The van der Waals surface area contributed by atoms with E-state index in [0.717, 1.165) is 25.5 Å². The predicted molar refractivity (Wildman–Crippen MR) is 68.3 cm³/mol. The number of aromatic nitrogens is 2. The third kappa shape index (κ3) is 3.97. The fraction of sp³-hybridized carbons (Fsp3) is 0.769. The Morgan fingerprint density at radius 1 is 1.25 bits per heavy atom. The highest BCUT2D eigenvalue weighted by Crippen LogP contribution is 2.08. The molecule has 1 N–H and O–H groups in total. The average molecular weight is 223 g/mol. The zero-order valence-corrected chi connectivity index (χ0v) is 11.2. The van der Waals surface area contributed by atoms with Gasteiger partial charge in [-0.25, -0.2) is 4.98 Å². The molecule has 0 amide bonds. The van der Waals surface area contributed by atoms with Gasteiger partial charge in [-0.1, -0.05) is 27.7 Å². The summed E-state index contributed by atoms with van der Waals surface area (Å²) in [5.74, 6) is 2.48. The second-order valence-electron chi connectivity index (χ2n) is 5.33. The first-order chi connectivity index (χ1) is 7.50. The molecule has 1 aromatic rings. The van der Waals surface area contributed by atoms with Crippen LogP contribution in [0.25, 0.3) is 0 Å². The predicted octanol–water partition coefficient (Wildman–Crippen LogP) is 2.59. The molecule has 3 nitrogen and oxygen atoms in total. The Balaban J connectivity index is 2.58. The van der Waals surface area contributed by atoms with Crippen molar-refractivity contribution in [2.75, 3.05) is 6.54 Å². The lowest BCUT2D eigenvalue weighted by Gasteiger charge is -2.13. The van der Waals surface area contributed by atoms with Gasteiger partial charge in [0, 0.05) is 19.3 Å². The number of nitrogens with one attached hydrogen (secondary N) is 1. The van der Waals surface area contributed by atoms with E-state index in [2.05, 4.69) is 49.5 Å². The van der Waals surface area contributed by atoms with Crippen LogP contribution in [0.4, 0.5) is 0 Å². The molecule has 0 unspecified atom stereocenters. The zero-order chi connectivity index (χ0) is 12.1. The lowest BCUT2D eigenvalue weighted by Crippen LogP contribution is -2.21. The smallest absolute Gasteiger partial charge is 0.105 e. The maximum absolute atomic E-state index is 4.39. The van der Waals surface area contributed by atoms with Crippen molar-refractivity contribution in [2.24, 2.45) is 11.8 Å². The Morgan fingerprint density at radius 2 is 1.94 bits per heavy atom. The van der Waals surface area contributed by atoms with Crippen molar-refractivity contribution in [1.29, 1.82) is 0 Å². The molecule has 3 heteroatoms. The first-order valence-corrected chi connectivity index (χ1v) is 6.22. The Hall–Kier alpha value is -0.830. The summed E-state index contributed by atoms with van der Waals surface area (Å²) in [5, 5.41) is 3.47. The van der Waals surface area contributed by atoms with Gasteiger partial charge in [-0.3, -0.25) is 0 Å². The second kappa shape index (κ2) is 6.04. The molecule has 0 saturated heterocycles. The van der Waals surface area contributed by atoms with Crippen molar-refractivity contribution in [2.45, 2.75) is 47.7 Å². The highest BCUT2D eigenvalue weighted by Gasteiger charge is 2.07. The van der Waals surface area contributed by atoms with E-state index in [4.69, 9.17) is 0 Å². The van der Waals surface area contributed by atoms with Crippen LogP contribution >= 0.6 is 0 Å². The third-order valence-electron chi connectivity index (χ3n) is 2.54. The summed E-state index contributed by atoms with van der Waals surface area (Å²) < 4.78 is 2.32. The number of imidazole rings is 1. The van der Waals surface area contributed by atoms with E-state index in [1.165, 1.54) is 5.69 Å². The Kier molecular flexibility index (Phi) is 5.00. The normalized spacial score (nSPS) is 11.7. The molecule has 1 heterocycles. The van der Waals surface area contributed by atoms with Crippen LogP contribution in [0.3, 0.4) is 0 Å². The van der Waals surface area contributed by atoms with E-state index in [0.29, 0.717) is 11.8 Å². The summed E-state index contributed by atoms with van der Waals surface area (Å²) in [6, 6.07) is 0. The van der Waals surface area contributed by atoms with Crippen molar-refractivity contribution in [3.63, 3.8) is 0 Å². The summed E-state index contributed by atoms with van der Waals surface area (Å²) in [5.41, 5.74) is 1.30. The van der Waals surface area contributed by atoms with Crippen LogP contribution in [0.2, 0.25) is 0 Å². The van der Waals surface area contributed by atoms with E-state index >= 15 is 0 Å². The van der Waals surface area contributed by atoms with E-state index < -0.39 is 0 Å².